The summed E-state index contributed by atoms with van der Waals surface area (Å²) in [5.74, 6) is 2.90. The van der Waals surface area contributed by atoms with E-state index in [1.54, 1.807) is 0 Å². The SMILES string of the molecule is CCC(C)N(Cc1c(-c2ccccc2)noc1N1CCSCC1)C(=O)Nc1ccc(C)cc1. The first-order chi connectivity index (χ1) is 16.1. The zero-order chi connectivity index (χ0) is 23.2. The molecule has 1 saturated heterocycles. The van der Waals surface area contributed by atoms with Crippen molar-refractivity contribution >= 4 is 29.4 Å². The van der Waals surface area contributed by atoms with Crippen LogP contribution in [0.3, 0.4) is 0 Å². The highest BCUT2D eigenvalue weighted by Gasteiger charge is 2.28. The van der Waals surface area contributed by atoms with E-state index < -0.39 is 0 Å². The summed E-state index contributed by atoms with van der Waals surface area (Å²) in [7, 11) is 0. The van der Waals surface area contributed by atoms with Crippen LogP contribution in [0.4, 0.5) is 16.4 Å². The van der Waals surface area contributed by atoms with E-state index >= 15 is 0 Å². The van der Waals surface area contributed by atoms with Crippen LogP contribution in [0.15, 0.2) is 59.1 Å². The number of aromatic nitrogens is 1. The molecule has 0 saturated carbocycles. The molecule has 1 aliphatic rings. The van der Waals surface area contributed by atoms with Crippen LogP contribution in [-0.4, -0.2) is 46.7 Å². The molecule has 1 atom stereocenters. The second kappa shape index (κ2) is 10.8. The molecule has 0 bridgehead atoms. The number of aryl methyl sites for hydroxylation is 1. The Hall–Kier alpha value is -2.93. The number of nitrogens with one attached hydrogen (secondary N) is 1. The highest BCUT2D eigenvalue weighted by Crippen LogP contribution is 2.34. The number of thioether (sulfide) groups is 1. The molecule has 2 amide bonds. The van der Waals surface area contributed by atoms with Crippen molar-refractivity contribution in [1.29, 1.82) is 0 Å². The fourth-order valence-corrected chi connectivity index (χ4v) is 4.83. The number of carbonyl (C=O) groups excluding carboxylic acids is 1. The van der Waals surface area contributed by atoms with Crippen molar-refractivity contribution in [2.24, 2.45) is 0 Å². The lowest BCUT2D eigenvalue weighted by molar-refractivity contribution is 0.187. The van der Waals surface area contributed by atoms with E-state index in [0.29, 0.717) is 6.54 Å². The Kier molecular flexibility index (Phi) is 7.60. The summed E-state index contributed by atoms with van der Waals surface area (Å²) in [6.45, 7) is 8.49. The average Bonchev–Trinajstić information content (AvgIpc) is 3.28. The third kappa shape index (κ3) is 5.53. The third-order valence-corrected chi connectivity index (χ3v) is 7.07. The first-order valence-electron chi connectivity index (χ1n) is 11.6. The van der Waals surface area contributed by atoms with Crippen LogP contribution in [-0.2, 0) is 6.54 Å². The Balaban J connectivity index is 1.67. The first kappa shape index (κ1) is 23.2. The summed E-state index contributed by atoms with van der Waals surface area (Å²) >= 11 is 1.95. The summed E-state index contributed by atoms with van der Waals surface area (Å²) in [6.07, 6.45) is 0.850. The normalized spacial score (nSPS) is 14.7. The number of rotatable bonds is 7. The number of hydrogen-bond acceptors (Lipinski definition) is 5. The molecule has 7 heteroatoms. The van der Waals surface area contributed by atoms with Crippen LogP contribution in [0.25, 0.3) is 11.3 Å². The van der Waals surface area contributed by atoms with Gasteiger partial charge in [-0.1, -0.05) is 60.1 Å². The zero-order valence-electron chi connectivity index (χ0n) is 19.6. The number of carbonyl (C=O) groups is 1. The third-order valence-electron chi connectivity index (χ3n) is 6.13. The van der Waals surface area contributed by atoms with Gasteiger partial charge in [-0.15, -0.1) is 0 Å². The Morgan fingerprint density at radius 2 is 1.85 bits per heavy atom. The fourth-order valence-electron chi connectivity index (χ4n) is 3.93. The van der Waals surface area contributed by atoms with Gasteiger partial charge in [-0.25, -0.2) is 4.79 Å². The van der Waals surface area contributed by atoms with Crippen molar-refractivity contribution in [2.75, 3.05) is 34.8 Å². The molecule has 6 nitrogen and oxygen atoms in total. The molecular weight excluding hydrogens is 432 g/mol. The van der Waals surface area contributed by atoms with E-state index in [1.165, 1.54) is 0 Å². The molecule has 0 aliphatic carbocycles. The number of urea groups is 1. The van der Waals surface area contributed by atoms with Crippen LogP contribution in [0, 0.1) is 6.92 Å². The number of benzene rings is 2. The predicted octanol–water partition coefficient (Wildman–Crippen LogP) is 6.04. The minimum absolute atomic E-state index is 0.0544. The standard InChI is InChI=1S/C26H32N4O2S/c1-4-20(3)30(26(31)27-22-12-10-19(2)11-13-22)18-23-24(21-8-6-5-7-9-21)28-32-25(23)29-14-16-33-17-15-29/h5-13,20H,4,14-18H2,1-3H3,(H,27,31). The van der Waals surface area contributed by atoms with Crippen molar-refractivity contribution in [3.63, 3.8) is 0 Å². The zero-order valence-corrected chi connectivity index (χ0v) is 20.4. The number of hydrogen-bond donors (Lipinski definition) is 1. The quantitative estimate of drug-likeness (QED) is 0.462. The van der Waals surface area contributed by atoms with Crippen molar-refractivity contribution in [3.05, 3.63) is 65.7 Å². The molecule has 0 radical (unpaired) electrons. The smallest absolute Gasteiger partial charge is 0.322 e. The summed E-state index contributed by atoms with van der Waals surface area (Å²) in [5.41, 5.74) is 4.72. The largest absolute Gasteiger partial charge is 0.339 e. The van der Waals surface area contributed by atoms with Crippen molar-refractivity contribution in [3.8, 4) is 11.3 Å². The molecule has 1 unspecified atom stereocenters. The topological polar surface area (TPSA) is 61.6 Å². The molecule has 174 valence electrons. The van der Waals surface area contributed by atoms with E-state index in [0.717, 1.165) is 65.0 Å². The Morgan fingerprint density at radius 3 is 2.52 bits per heavy atom. The molecule has 4 rings (SSSR count). The van der Waals surface area contributed by atoms with Gasteiger partial charge in [-0.2, -0.15) is 11.8 Å². The van der Waals surface area contributed by atoms with Crippen molar-refractivity contribution < 1.29 is 9.32 Å². The highest BCUT2D eigenvalue weighted by atomic mass is 32.2. The molecule has 1 aliphatic heterocycles. The van der Waals surface area contributed by atoms with Gasteiger partial charge in [0.05, 0.1) is 12.1 Å². The van der Waals surface area contributed by atoms with Gasteiger partial charge < -0.3 is 19.6 Å². The maximum absolute atomic E-state index is 13.4. The molecule has 2 aromatic carbocycles. The van der Waals surface area contributed by atoms with Gasteiger partial charge in [0.2, 0.25) is 5.88 Å². The van der Waals surface area contributed by atoms with Crippen LogP contribution >= 0.6 is 11.8 Å². The summed E-state index contributed by atoms with van der Waals surface area (Å²) < 4.78 is 5.92. The lowest BCUT2D eigenvalue weighted by Gasteiger charge is -2.31. The van der Waals surface area contributed by atoms with Gasteiger partial charge in [0.15, 0.2) is 0 Å². The minimum Gasteiger partial charge on any atom is -0.339 e. The average molecular weight is 465 g/mol. The van der Waals surface area contributed by atoms with Gasteiger partial charge >= 0.3 is 6.03 Å². The van der Waals surface area contributed by atoms with E-state index in [4.69, 9.17) is 4.52 Å². The Bertz CT molecular complexity index is 1050. The van der Waals surface area contributed by atoms with E-state index in [2.05, 4.69) is 29.2 Å². The summed E-state index contributed by atoms with van der Waals surface area (Å²) in [5, 5.41) is 7.55. The fraction of sp³-hybridized carbons (Fsp3) is 0.385. The second-order valence-electron chi connectivity index (χ2n) is 8.46. The first-order valence-corrected chi connectivity index (χ1v) is 12.7. The minimum atomic E-state index is -0.117. The van der Waals surface area contributed by atoms with Gasteiger partial charge in [-0.05, 0) is 32.4 Å². The lowest BCUT2D eigenvalue weighted by atomic mass is 10.1. The maximum Gasteiger partial charge on any atom is 0.322 e. The number of nitrogens with zero attached hydrogens (tertiary/aromatic N) is 3. The number of anilines is 2. The monoisotopic (exact) mass is 464 g/mol. The predicted molar refractivity (Wildman–Crippen MR) is 137 cm³/mol. The highest BCUT2D eigenvalue weighted by molar-refractivity contribution is 7.99. The van der Waals surface area contributed by atoms with Crippen LogP contribution in [0.1, 0.15) is 31.4 Å². The molecule has 1 aromatic heterocycles. The van der Waals surface area contributed by atoms with E-state index in [1.807, 2.05) is 78.2 Å². The molecule has 0 spiro atoms. The second-order valence-corrected chi connectivity index (χ2v) is 9.69. The van der Waals surface area contributed by atoms with E-state index in [-0.39, 0.29) is 12.1 Å². The maximum atomic E-state index is 13.4. The summed E-state index contributed by atoms with van der Waals surface area (Å²) in [6, 6.07) is 17.9. The van der Waals surface area contributed by atoms with Crippen molar-refractivity contribution in [1.82, 2.24) is 10.1 Å². The lowest BCUT2D eigenvalue weighted by Crippen LogP contribution is -2.41. The van der Waals surface area contributed by atoms with Gasteiger partial charge in [0.1, 0.15) is 5.69 Å². The van der Waals surface area contributed by atoms with Gasteiger partial charge in [-0.3, -0.25) is 0 Å². The Morgan fingerprint density at radius 1 is 1.15 bits per heavy atom. The number of amides is 2. The Labute approximate surface area is 200 Å². The molecule has 1 N–H and O–H groups in total. The van der Waals surface area contributed by atoms with Crippen molar-refractivity contribution in [2.45, 2.75) is 39.8 Å². The molecule has 33 heavy (non-hydrogen) atoms. The molecule has 1 fully saturated rings. The van der Waals surface area contributed by atoms with E-state index in [9.17, 15) is 4.79 Å². The van der Waals surface area contributed by atoms with Crippen LogP contribution in [0.5, 0.6) is 0 Å². The molecular formula is C26H32N4O2S. The van der Waals surface area contributed by atoms with Crippen LogP contribution in [0.2, 0.25) is 0 Å². The van der Waals surface area contributed by atoms with Crippen LogP contribution < -0.4 is 10.2 Å². The summed E-state index contributed by atoms with van der Waals surface area (Å²) in [4.78, 5) is 17.6. The molecule has 3 aromatic rings. The van der Waals surface area contributed by atoms with Gasteiger partial charge in [0, 0.05) is 41.9 Å². The molecule has 2 heterocycles. The van der Waals surface area contributed by atoms with Gasteiger partial charge in [0.25, 0.3) is 0 Å².